The summed E-state index contributed by atoms with van der Waals surface area (Å²) in [6.07, 6.45) is 7.10. The third-order valence-electron chi connectivity index (χ3n) is 10.7. The first kappa shape index (κ1) is 27.4. The van der Waals surface area contributed by atoms with Gasteiger partial charge in [0.25, 0.3) is 0 Å². The molecule has 0 saturated heterocycles. The molecule has 1 aromatic rings. The van der Waals surface area contributed by atoms with E-state index in [9.17, 15) is 20.1 Å². The average Bonchev–Trinajstić information content (AvgIpc) is 2.75. The number of phenols is 2. The number of phenolic OH excluding ortho intramolecular Hbond substituents is 2. The number of aliphatic hydroxyl groups excluding tert-OH is 1. The van der Waals surface area contributed by atoms with Gasteiger partial charge < -0.3 is 21.1 Å². The molecular weight excluding hydrogens is 470 g/mol. The number of hydrogen-bond acceptors (Lipinski definition) is 5. The van der Waals surface area contributed by atoms with Crippen molar-refractivity contribution < 1.29 is 20.1 Å². The Morgan fingerprint density at radius 1 is 1.08 bits per heavy atom. The monoisotopic (exact) mass is 515 g/mol. The fourth-order valence-electron chi connectivity index (χ4n) is 8.06. The Morgan fingerprint density at radius 3 is 2.28 bits per heavy atom. The van der Waals surface area contributed by atoms with Crippen LogP contribution in [0.5, 0.6) is 11.5 Å². The van der Waals surface area contributed by atoms with Crippen molar-refractivity contribution in [2.24, 2.45) is 33.3 Å². The summed E-state index contributed by atoms with van der Waals surface area (Å²) in [5.74, 6) is -0.162. The van der Waals surface area contributed by atoms with E-state index in [-0.39, 0.29) is 44.3 Å². The van der Waals surface area contributed by atoms with Gasteiger partial charge in [0.1, 0.15) is 0 Å². The highest BCUT2D eigenvalue weighted by Gasteiger charge is 2.65. The van der Waals surface area contributed by atoms with Gasteiger partial charge in [0.15, 0.2) is 11.5 Å². The predicted octanol–water partition coefficient (Wildman–Crippen LogP) is 6.55. The Hall–Kier alpha value is -1.66. The van der Waals surface area contributed by atoms with Crippen molar-refractivity contribution in [2.75, 3.05) is 0 Å². The molecule has 6 atom stereocenters. The lowest BCUT2D eigenvalue weighted by Gasteiger charge is -2.68. The Morgan fingerprint density at radius 2 is 1.69 bits per heavy atom. The van der Waals surface area contributed by atoms with Gasteiger partial charge in [-0.2, -0.15) is 0 Å². The van der Waals surface area contributed by atoms with Gasteiger partial charge in [0, 0.05) is 10.8 Å². The van der Waals surface area contributed by atoms with E-state index in [2.05, 4.69) is 40.7 Å². The quantitative estimate of drug-likeness (QED) is 0.202. The first-order valence-electron chi connectivity index (χ1n) is 13.3. The molecule has 5 N–H and O–H groups in total. The molecule has 1 aromatic carbocycles. The van der Waals surface area contributed by atoms with Crippen LogP contribution in [-0.2, 0) is 10.2 Å². The van der Waals surface area contributed by atoms with Crippen molar-refractivity contribution in [1.82, 2.24) is 0 Å². The van der Waals surface area contributed by atoms with E-state index in [1.54, 1.807) is 19.1 Å². The van der Waals surface area contributed by atoms with Crippen molar-refractivity contribution in [3.63, 3.8) is 0 Å². The number of allylic oxidation sites excluding steroid dienone is 1. The lowest BCUT2D eigenvalue weighted by atomic mass is 9.36. The first-order chi connectivity index (χ1) is 16.4. The molecule has 5 nitrogen and oxygen atoms in total. The molecule has 0 spiro atoms. The Balaban J connectivity index is 1.91. The number of rotatable bonds is 5. The second kappa shape index (κ2) is 8.42. The van der Waals surface area contributed by atoms with Gasteiger partial charge in [0.05, 0.1) is 10.7 Å². The van der Waals surface area contributed by atoms with Gasteiger partial charge in [-0.3, -0.25) is 4.79 Å². The molecule has 0 radical (unpaired) electrons. The number of primary amides is 1. The fourth-order valence-corrected chi connectivity index (χ4v) is 9.04. The summed E-state index contributed by atoms with van der Waals surface area (Å²) in [6.45, 7) is 17.6. The van der Waals surface area contributed by atoms with Crippen LogP contribution in [0.25, 0.3) is 0 Å². The van der Waals surface area contributed by atoms with Gasteiger partial charge in [-0.1, -0.05) is 60.1 Å². The molecular formula is C30H45NO4S. The smallest absolute Gasteiger partial charge is 0.223 e. The van der Waals surface area contributed by atoms with Gasteiger partial charge >= 0.3 is 0 Å². The van der Waals surface area contributed by atoms with E-state index in [1.165, 1.54) is 17.3 Å². The molecule has 2 fully saturated rings. The minimum absolute atomic E-state index is 0.0523. The van der Waals surface area contributed by atoms with Crippen molar-refractivity contribution in [1.29, 1.82) is 0 Å². The predicted molar refractivity (Wildman–Crippen MR) is 147 cm³/mol. The van der Waals surface area contributed by atoms with Crippen LogP contribution in [0.2, 0.25) is 0 Å². The molecule has 0 aromatic heterocycles. The zero-order valence-corrected chi connectivity index (χ0v) is 24.1. The standard InChI is InChI=1S/C30H45NO4S/c1-17(32)36-22-15-23-28(6,19-14-21(34)20(33)13-18(19)22)10-12-30(8)24(16-27(4,5)25(31)35)26(2,3)9-11-29(23,30)7/h13-15,17,22,24,32-34H,9-12,16H2,1-8H3,(H2,31,35)/t17?,22?,24-,28+,29-,30+/m1/s1. The van der Waals surface area contributed by atoms with Crippen molar-refractivity contribution in [2.45, 2.75) is 104 Å². The van der Waals surface area contributed by atoms with Gasteiger partial charge in [-0.25, -0.2) is 0 Å². The molecule has 200 valence electrons. The fraction of sp³-hybridized carbons (Fsp3) is 0.700. The number of benzene rings is 1. The van der Waals surface area contributed by atoms with Crippen LogP contribution in [0.15, 0.2) is 23.8 Å². The molecule has 0 heterocycles. The van der Waals surface area contributed by atoms with Crippen LogP contribution in [-0.4, -0.2) is 26.7 Å². The second-order valence-electron chi connectivity index (χ2n) is 13.7. The number of hydrogen-bond donors (Lipinski definition) is 4. The van der Waals surface area contributed by atoms with Crippen molar-refractivity contribution in [3.05, 3.63) is 34.9 Å². The number of carbonyl (C=O) groups is 1. The Labute approximate surface area is 220 Å². The molecule has 6 heteroatoms. The Kier molecular flexibility index (Phi) is 6.41. The van der Waals surface area contributed by atoms with E-state index < -0.39 is 10.9 Å². The minimum Gasteiger partial charge on any atom is -0.504 e. The number of carbonyl (C=O) groups excluding carboxylic acids is 1. The summed E-state index contributed by atoms with van der Waals surface area (Å²) < 4.78 is 0. The van der Waals surface area contributed by atoms with E-state index in [0.29, 0.717) is 5.92 Å². The van der Waals surface area contributed by atoms with E-state index in [4.69, 9.17) is 5.73 Å². The highest BCUT2D eigenvalue weighted by Crippen LogP contribution is 2.73. The molecule has 36 heavy (non-hydrogen) atoms. The minimum atomic E-state index is -0.592. The maximum absolute atomic E-state index is 12.4. The lowest BCUT2D eigenvalue weighted by molar-refractivity contribution is -0.142. The summed E-state index contributed by atoms with van der Waals surface area (Å²) in [5, 5.41) is 31.1. The van der Waals surface area contributed by atoms with Gasteiger partial charge in [-0.05, 0) is 84.5 Å². The van der Waals surface area contributed by atoms with Crippen LogP contribution >= 0.6 is 11.8 Å². The molecule has 2 unspecified atom stereocenters. The first-order valence-corrected chi connectivity index (χ1v) is 14.3. The molecule has 4 rings (SSSR count). The summed E-state index contributed by atoms with van der Waals surface area (Å²) in [7, 11) is 0. The number of amides is 1. The number of thioether (sulfide) groups is 1. The maximum Gasteiger partial charge on any atom is 0.223 e. The van der Waals surface area contributed by atoms with Crippen LogP contribution < -0.4 is 5.73 Å². The molecule has 3 aliphatic rings. The normalized spacial score (nSPS) is 36.2. The molecule has 1 amide bonds. The SMILES string of the molecule is CC(O)SC1C=C2[C@@](C)(CC[C@@]3(C)[C@H](CC(C)(C)C(N)=O)C(C)(C)CC[C@]23C)c2cc(O)c(O)cc21. The zero-order chi connectivity index (χ0) is 27.1. The summed E-state index contributed by atoms with van der Waals surface area (Å²) in [5.41, 5.74) is 7.71. The molecule has 2 saturated carbocycles. The van der Waals surface area contributed by atoms with Gasteiger partial charge in [0.2, 0.25) is 5.91 Å². The lowest BCUT2D eigenvalue weighted by Crippen LogP contribution is -2.61. The van der Waals surface area contributed by atoms with Crippen LogP contribution in [0.3, 0.4) is 0 Å². The molecule has 0 aliphatic heterocycles. The summed E-state index contributed by atoms with van der Waals surface area (Å²) in [6, 6.07) is 3.43. The maximum atomic E-state index is 12.4. The number of nitrogens with two attached hydrogens (primary N) is 1. The number of aromatic hydroxyl groups is 2. The van der Waals surface area contributed by atoms with Crippen molar-refractivity contribution >= 4 is 17.7 Å². The van der Waals surface area contributed by atoms with Gasteiger partial charge in [-0.15, -0.1) is 11.8 Å². The topological polar surface area (TPSA) is 104 Å². The van der Waals surface area contributed by atoms with Crippen LogP contribution in [0, 0.1) is 27.6 Å². The van der Waals surface area contributed by atoms with E-state index in [1.807, 2.05) is 13.8 Å². The second-order valence-corrected chi connectivity index (χ2v) is 15.2. The number of fused-ring (bicyclic) bond motifs is 5. The Bertz CT molecular complexity index is 1110. The largest absolute Gasteiger partial charge is 0.504 e. The third kappa shape index (κ3) is 3.89. The third-order valence-corrected chi connectivity index (χ3v) is 11.7. The highest BCUT2D eigenvalue weighted by molar-refractivity contribution is 8.00. The van der Waals surface area contributed by atoms with Crippen LogP contribution in [0.4, 0.5) is 0 Å². The number of aliphatic hydroxyl groups is 1. The van der Waals surface area contributed by atoms with Crippen LogP contribution in [0.1, 0.15) is 104 Å². The summed E-state index contributed by atoms with van der Waals surface area (Å²) in [4.78, 5) is 12.4. The van der Waals surface area contributed by atoms with Crippen molar-refractivity contribution in [3.8, 4) is 11.5 Å². The molecule has 3 aliphatic carbocycles. The average molecular weight is 516 g/mol. The van der Waals surface area contributed by atoms with E-state index >= 15 is 0 Å². The highest BCUT2D eigenvalue weighted by atomic mass is 32.2. The molecule has 0 bridgehead atoms. The zero-order valence-electron chi connectivity index (χ0n) is 23.2. The summed E-state index contributed by atoms with van der Waals surface area (Å²) >= 11 is 1.46. The van der Waals surface area contributed by atoms with E-state index in [0.717, 1.165) is 43.2 Å².